The van der Waals surface area contributed by atoms with Gasteiger partial charge in [-0.05, 0) is 22.5 Å². The fourth-order valence-corrected chi connectivity index (χ4v) is 20.7. The summed E-state index contributed by atoms with van der Waals surface area (Å²) < 4.78 is 47.8. The highest BCUT2D eigenvalue weighted by Crippen LogP contribution is 2.85. The number of nitrogens with zero attached hydrogens (tertiary/aromatic N) is 7. The van der Waals surface area contributed by atoms with E-state index in [-0.39, 0.29) is 0 Å². The van der Waals surface area contributed by atoms with Crippen LogP contribution in [0.1, 0.15) is 0 Å². The van der Waals surface area contributed by atoms with E-state index in [1.54, 1.807) is 0 Å². The summed E-state index contributed by atoms with van der Waals surface area (Å²) >= 11 is 14.9. The quantitative estimate of drug-likeness (QED) is 0.491. The van der Waals surface area contributed by atoms with Crippen LogP contribution in [0.25, 0.3) is 0 Å². The van der Waals surface area contributed by atoms with E-state index in [1.165, 1.54) is 0 Å². The summed E-state index contributed by atoms with van der Waals surface area (Å²) in [7, 11) is -2.58. The van der Waals surface area contributed by atoms with Gasteiger partial charge in [-0.25, -0.2) is 18.7 Å². The molecule has 2 atom stereocenters. The van der Waals surface area contributed by atoms with Crippen LogP contribution in [0.15, 0.2) is 13.5 Å². The molecule has 11 nitrogen and oxygen atoms in total. The number of halogens is 2. The van der Waals surface area contributed by atoms with Crippen molar-refractivity contribution in [1.82, 2.24) is 18.7 Å². The SMILES string of the molecule is Cl[P@]1(N2CCOCC2)=NP(N2CCOCC2)(N2CCOCC2)=N[P@](Cl)(N2CCOCC2)=N1. The average Bonchev–Trinajstić information content (AvgIpc) is 2.86. The lowest BCUT2D eigenvalue weighted by molar-refractivity contribution is 0.0567. The fourth-order valence-electron chi connectivity index (χ4n) is 4.40. The Morgan fingerprint density at radius 3 is 1.12 bits per heavy atom. The van der Waals surface area contributed by atoms with E-state index in [9.17, 15) is 0 Å². The summed E-state index contributed by atoms with van der Waals surface area (Å²) in [4.78, 5) is 0. The van der Waals surface area contributed by atoms with Crippen molar-refractivity contribution in [2.75, 3.05) is 105 Å². The molecule has 5 aliphatic heterocycles. The predicted molar refractivity (Wildman–Crippen MR) is 129 cm³/mol. The summed E-state index contributed by atoms with van der Waals surface area (Å²) in [6.07, 6.45) is 0. The van der Waals surface area contributed by atoms with Crippen LogP contribution in [0.5, 0.6) is 0 Å². The highest BCUT2D eigenvalue weighted by Gasteiger charge is 2.47. The molecule has 5 rings (SSSR count). The van der Waals surface area contributed by atoms with Gasteiger partial charge in [0.05, 0.1) is 52.9 Å². The largest absolute Gasteiger partial charge is 0.379 e. The molecule has 0 N–H and O–H groups in total. The maximum atomic E-state index is 7.47. The molecule has 0 bridgehead atoms. The zero-order valence-corrected chi connectivity index (χ0v) is 22.4. The van der Waals surface area contributed by atoms with Crippen LogP contribution in [-0.4, -0.2) is 124 Å². The Hall–Kier alpha value is 0.950. The fraction of sp³-hybridized carbons (Fsp3) is 1.00. The molecule has 4 saturated heterocycles. The second kappa shape index (κ2) is 10.5. The zero-order valence-electron chi connectivity index (χ0n) is 18.2. The van der Waals surface area contributed by atoms with Gasteiger partial charge in [0.2, 0.25) is 20.9 Å². The van der Waals surface area contributed by atoms with E-state index < -0.39 is 20.9 Å². The monoisotopic (exact) mass is 549 g/mol. The van der Waals surface area contributed by atoms with E-state index in [4.69, 9.17) is 55.0 Å². The second-order valence-corrected chi connectivity index (χ2v) is 18.2. The second-order valence-electron chi connectivity index (χ2n) is 8.06. The van der Waals surface area contributed by atoms with E-state index in [2.05, 4.69) is 18.7 Å². The summed E-state index contributed by atoms with van der Waals surface area (Å²) in [6, 6.07) is 0. The Kier molecular flexibility index (Phi) is 8.10. The van der Waals surface area contributed by atoms with Gasteiger partial charge in [0.1, 0.15) is 0 Å². The van der Waals surface area contributed by atoms with Crippen LogP contribution in [0.2, 0.25) is 0 Å². The van der Waals surface area contributed by atoms with Gasteiger partial charge in [0.15, 0.2) is 0 Å². The van der Waals surface area contributed by atoms with Gasteiger partial charge in [-0.3, -0.25) is 0 Å². The lowest BCUT2D eigenvalue weighted by Gasteiger charge is -2.48. The normalized spacial score (nSPS) is 38.4. The third-order valence-electron chi connectivity index (χ3n) is 6.12. The van der Waals surface area contributed by atoms with Crippen LogP contribution < -0.4 is 0 Å². The molecular formula is C16H32Cl2N7O4P3. The Balaban J connectivity index is 1.68. The minimum atomic E-state index is -2.78. The maximum Gasteiger partial charge on any atom is 0.239 e. The van der Waals surface area contributed by atoms with Gasteiger partial charge in [0.25, 0.3) is 0 Å². The van der Waals surface area contributed by atoms with Crippen molar-refractivity contribution in [2.45, 2.75) is 0 Å². The molecule has 0 spiro atoms. The van der Waals surface area contributed by atoms with Crippen molar-refractivity contribution >= 4 is 43.4 Å². The number of rotatable bonds is 4. The third-order valence-corrected chi connectivity index (χ3v) is 20.0. The van der Waals surface area contributed by atoms with Crippen molar-refractivity contribution in [3.8, 4) is 0 Å². The molecular weight excluding hydrogens is 518 g/mol. The van der Waals surface area contributed by atoms with Crippen LogP contribution >= 0.6 is 43.4 Å². The van der Waals surface area contributed by atoms with E-state index in [1.807, 2.05) is 0 Å². The smallest absolute Gasteiger partial charge is 0.239 e. The molecule has 0 unspecified atom stereocenters. The van der Waals surface area contributed by atoms with Crippen molar-refractivity contribution < 1.29 is 18.9 Å². The molecule has 4 fully saturated rings. The van der Waals surface area contributed by atoms with Gasteiger partial charge in [-0.15, -0.1) is 0 Å². The predicted octanol–water partition coefficient (Wildman–Crippen LogP) is 3.65. The van der Waals surface area contributed by atoms with E-state index in [0.29, 0.717) is 79.0 Å². The van der Waals surface area contributed by atoms with E-state index in [0.717, 1.165) is 26.2 Å². The van der Waals surface area contributed by atoms with Crippen molar-refractivity contribution in [3.05, 3.63) is 0 Å². The molecule has 0 aromatic rings. The molecule has 5 heterocycles. The third kappa shape index (κ3) is 4.94. The molecule has 32 heavy (non-hydrogen) atoms. The molecule has 184 valence electrons. The van der Waals surface area contributed by atoms with E-state index >= 15 is 0 Å². The Morgan fingerprint density at radius 1 is 0.438 bits per heavy atom. The average molecular weight is 550 g/mol. The Labute approximate surface area is 199 Å². The lowest BCUT2D eigenvalue weighted by atomic mass is 10.5. The molecule has 16 heteroatoms. The molecule has 0 aromatic carbocycles. The van der Waals surface area contributed by atoms with Crippen LogP contribution in [0, 0.1) is 0 Å². The van der Waals surface area contributed by atoms with Gasteiger partial charge in [0, 0.05) is 52.4 Å². The van der Waals surface area contributed by atoms with Crippen LogP contribution in [0.4, 0.5) is 0 Å². The molecule has 0 aromatic heterocycles. The number of ether oxygens (including phenoxy) is 4. The highest BCUT2D eigenvalue weighted by atomic mass is 35.7. The van der Waals surface area contributed by atoms with Gasteiger partial charge >= 0.3 is 0 Å². The molecule has 5 aliphatic rings. The Bertz CT molecular complexity index is 796. The lowest BCUT2D eigenvalue weighted by Crippen LogP contribution is -2.43. The number of hydrogen-bond acceptors (Lipinski definition) is 11. The van der Waals surface area contributed by atoms with Crippen LogP contribution in [-0.2, 0) is 18.9 Å². The van der Waals surface area contributed by atoms with Gasteiger partial charge in [-0.2, -0.15) is 13.5 Å². The standard InChI is InChI=1S/C16H32Cl2N7O4P3/c17-30(22-1-9-26-10-2-22)19-31(18,23-3-11-27-12-4-23)21-32(20-30,24-5-13-28-14-6-24)25-7-15-29-16-8-25/h1-16H2/t30-,31-/m1/s1. The maximum absolute atomic E-state index is 7.47. The first-order chi connectivity index (χ1) is 15.5. The van der Waals surface area contributed by atoms with Crippen LogP contribution in [0.3, 0.4) is 0 Å². The van der Waals surface area contributed by atoms with Crippen molar-refractivity contribution in [2.24, 2.45) is 13.5 Å². The van der Waals surface area contributed by atoms with Crippen molar-refractivity contribution in [1.29, 1.82) is 0 Å². The first kappa shape index (κ1) is 24.6. The molecule has 0 radical (unpaired) electrons. The highest BCUT2D eigenvalue weighted by molar-refractivity contribution is 8.02. The van der Waals surface area contributed by atoms with Gasteiger partial charge < -0.3 is 18.9 Å². The zero-order chi connectivity index (χ0) is 22.1. The molecule has 0 aliphatic carbocycles. The molecule has 0 amide bonds. The van der Waals surface area contributed by atoms with Crippen molar-refractivity contribution in [3.63, 3.8) is 0 Å². The number of hydrogen-bond donors (Lipinski definition) is 0. The summed E-state index contributed by atoms with van der Waals surface area (Å²) in [5.41, 5.74) is 0. The summed E-state index contributed by atoms with van der Waals surface area (Å²) in [5.74, 6) is 0. The number of morpholine rings is 4. The first-order valence-corrected chi connectivity index (χ1v) is 17.9. The summed E-state index contributed by atoms with van der Waals surface area (Å²) in [5, 5.41) is 0. The minimum Gasteiger partial charge on any atom is -0.379 e. The molecule has 0 saturated carbocycles. The summed E-state index contributed by atoms with van der Waals surface area (Å²) in [6.45, 7) is 5.45. The Morgan fingerprint density at radius 2 is 0.750 bits per heavy atom. The van der Waals surface area contributed by atoms with Gasteiger partial charge in [-0.1, -0.05) is 0 Å². The first-order valence-electron chi connectivity index (χ1n) is 11.2. The minimum absolute atomic E-state index is 0.627. The topological polar surface area (TPSA) is 87.0 Å².